The highest BCUT2D eigenvalue weighted by Crippen LogP contribution is 2.30. The molecule has 5 nitrogen and oxygen atoms in total. The molecule has 3 rings (SSSR count). The van der Waals surface area contributed by atoms with E-state index in [1.165, 1.54) is 10.5 Å². The molecule has 110 valence electrons. The van der Waals surface area contributed by atoms with Gasteiger partial charge in [-0.05, 0) is 36.5 Å². The third-order valence-electron chi connectivity index (χ3n) is 3.81. The van der Waals surface area contributed by atoms with Crippen molar-refractivity contribution in [2.24, 2.45) is 0 Å². The number of thiazole rings is 1. The average molecular weight is 303 g/mol. The molecule has 1 aliphatic rings. The van der Waals surface area contributed by atoms with Crippen molar-refractivity contribution in [3.63, 3.8) is 0 Å². The standard InChI is InChI=1S/C15H17N3O2S/c19-15(20)18-7-4-11(5-8-18)12-2-1-3-13(10-12)17-14-16-6-9-21-14/h1-3,6,9-11H,4-5,7-8H2,(H,16,17)(H,19,20). The quantitative estimate of drug-likeness (QED) is 0.906. The summed E-state index contributed by atoms with van der Waals surface area (Å²) in [6.45, 7) is 1.23. The van der Waals surface area contributed by atoms with Crippen molar-refractivity contribution in [1.29, 1.82) is 0 Å². The largest absolute Gasteiger partial charge is 0.465 e. The van der Waals surface area contributed by atoms with Crippen LogP contribution in [0.25, 0.3) is 0 Å². The molecule has 0 unspecified atom stereocenters. The van der Waals surface area contributed by atoms with Gasteiger partial charge in [-0.3, -0.25) is 0 Å². The van der Waals surface area contributed by atoms with Gasteiger partial charge in [0.25, 0.3) is 0 Å². The molecule has 0 aliphatic carbocycles. The first-order valence-corrected chi connectivity index (χ1v) is 7.84. The van der Waals surface area contributed by atoms with Crippen LogP contribution in [0.4, 0.5) is 15.6 Å². The van der Waals surface area contributed by atoms with Crippen molar-refractivity contribution in [3.8, 4) is 0 Å². The van der Waals surface area contributed by atoms with Crippen LogP contribution in [0.15, 0.2) is 35.8 Å². The highest BCUT2D eigenvalue weighted by molar-refractivity contribution is 7.13. The van der Waals surface area contributed by atoms with E-state index in [4.69, 9.17) is 5.11 Å². The van der Waals surface area contributed by atoms with Crippen molar-refractivity contribution in [3.05, 3.63) is 41.4 Å². The maximum Gasteiger partial charge on any atom is 0.407 e. The predicted molar refractivity (Wildman–Crippen MR) is 83.4 cm³/mol. The van der Waals surface area contributed by atoms with E-state index in [0.29, 0.717) is 19.0 Å². The summed E-state index contributed by atoms with van der Waals surface area (Å²) < 4.78 is 0. The monoisotopic (exact) mass is 303 g/mol. The minimum absolute atomic E-state index is 0.429. The van der Waals surface area contributed by atoms with Gasteiger partial charge in [-0.15, -0.1) is 11.3 Å². The first-order chi connectivity index (χ1) is 10.2. The van der Waals surface area contributed by atoms with Crippen molar-refractivity contribution >= 4 is 28.2 Å². The molecule has 1 aromatic heterocycles. The molecule has 1 aromatic carbocycles. The van der Waals surface area contributed by atoms with E-state index in [0.717, 1.165) is 23.7 Å². The van der Waals surface area contributed by atoms with E-state index in [1.54, 1.807) is 17.5 Å². The molecule has 6 heteroatoms. The Bertz CT molecular complexity index is 607. The lowest BCUT2D eigenvalue weighted by molar-refractivity contribution is 0.132. The number of carboxylic acid groups (broad SMARTS) is 1. The Hall–Kier alpha value is -2.08. The number of hydrogen-bond donors (Lipinski definition) is 2. The molecule has 0 spiro atoms. The number of hydrogen-bond acceptors (Lipinski definition) is 4. The number of benzene rings is 1. The molecule has 0 saturated carbocycles. The third kappa shape index (κ3) is 3.33. The number of rotatable bonds is 3. The molecule has 2 N–H and O–H groups in total. The van der Waals surface area contributed by atoms with Crippen LogP contribution in [-0.4, -0.2) is 34.2 Å². The van der Waals surface area contributed by atoms with Crippen molar-refractivity contribution in [1.82, 2.24) is 9.88 Å². The zero-order chi connectivity index (χ0) is 14.7. The number of carbonyl (C=O) groups is 1. The molecule has 2 heterocycles. The topological polar surface area (TPSA) is 65.5 Å². The Labute approximate surface area is 127 Å². The van der Waals surface area contributed by atoms with Crippen LogP contribution in [0.2, 0.25) is 0 Å². The third-order valence-corrected chi connectivity index (χ3v) is 4.50. The zero-order valence-electron chi connectivity index (χ0n) is 11.5. The summed E-state index contributed by atoms with van der Waals surface area (Å²) in [5.74, 6) is 0.429. The minimum Gasteiger partial charge on any atom is -0.465 e. The number of likely N-dealkylation sites (tertiary alicyclic amines) is 1. The Balaban J connectivity index is 1.67. The van der Waals surface area contributed by atoms with Crippen molar-refractivity contribution < 1.29 is 9.90 Å². The van der Waals surface area contributed by atoms with E-state index < -0.39 is 6.09 Å². The van der Waals surface area contributed by atoms with Crippen LogP contribution in [0, 0.1) is 0 Å². The van der Waals surface area contributed by atoms with Gasteiger partial charge in [0, 0.05) is 30.4 Å². The Kier molecular flexibility index (Phi) is 4.06. The molecule has 1 aliphatic heterocycles. The number of amides is 1. The predicted octanol–water partition coefficient (Wildman–Crippen LogP) is 3.74. The zero-order valence-corrected chi connectivity index (χ0v) is 12.3. The normalized spacial score (nSPS) is 15.9. The maximum atomic E-state index is 10.9. The molecule has 0 bridgehead atoms. The number of nitrogens with one attached hydrogen (secondary N) is 1. The van der Waals surface area contributed by atoms with Gasteiger partial charge in [0.2, 0.25) is 0 Å². The lowest BCUT2D eigenvalue weighted by atomic mass is 9.89. The van der Waals surface area contributed by atoms with Crippen LogP contribution in [0.3, 0.4) is 0 Å². The summed E-state index contributed by atoms with van der Waals surface area (Å²) in [4.78, 5) is 16.7. The Morgan fingerprint density at radius 3 is 2.86 bits per heavy atom. The van der Waals surface area contributed by atoms with Crippen LogP contribution in [-0.2, 0) is 0 Å². The smallest absolute Gasteiger partial charge is 0.407 e. The number of nitrogens with zero attached hydrogens (tertiary/aromatic N) is 2. The van der Waals surface area contributed by atoms with Gasteiger partial charge in [-0.2, -0.15) is 0 Å². The molecule has 1 amide bonds. The van der Waals surface area contributed by atoms with Gasteiger partial charge in [0.15, 0.2) is 5.13 Å². The molecule has 1 saturated heterocycles. The van der Waals surface area contributed by atoms with Crippen LogP contribution < -0.4 is 5.32 Å². The first kappa shape index (κ1) is 13.9. The van der Waals surface area contributed by atoms with Crippen molar-refractivity contribution in [2.75, 3.05) is 18.4 Å². The molecule has 1 fully saturated rings. The van der Waals surface area contributed by atoms with Crippen LogP contribution >= 0.6 is 11.3 Å². The van der Waals surface area contributed by atoms with Gasteiger partial charge >= 0.3 is 6.09 Å². The highest BCUT2D eigenvalue weighted by atomic mass is 32.1. The Morgan fingerprint density at radius 1 is 1.38 bits per heavy atom. The highest BCUT2D eigenvalue weighted by Gasteiger charge is 2.23. The molecule has 2 aromatic rings. The van der Waals surface area contributed by atoms with E-state index in [-0.39, 0.29) is 0 Å². The summed E-state index contributed by atoms with van der Waals surface area (Å²) in [6.07, 6.45) is 2.73. The summed E-state index contributed by atoms with van der Waals surface area (Å²) in [5.41, 5.74) is 2.30. The molecule has 0 radical (unpaired) electrons. The fourth-order valence-electron chi connectivity index (χ4n) is 2.68. The lowest BCUT2D eigenvalue weighted by Gasteiger charge is -2.30. The summed E-state index contributed by atoms with van der Waals surface area (Å²) >= 11 is 1.57. The second-order valence-corrected chi connectivity index (χ2v) is 6.03. The van der Waals surface area contributed by atoms with E-state index in [9.17, 15) is 4.79 Å². The van der Waals surface area contributed by atoms with Crippen molar-refractivity contribution in [2.45, 2.75) is 18.8 Å². The fraction of sp³-hybridized carbons (Fsp3) is 0.333. The maximum absolute atomic E-state index is 10.9. The SMILES string of the molecule is O=C(O)N1CCC(c2cccc(Nc3nccs3)c2)CC1. The fourth-order valence-corrected chi connectivity index (χ4v) is 3.23. The number of anilines is 2. The van der Waals surface area contributed by atoms with E-state index >= 15 is 0 Å². The van der Waals surface area contributed by atoms with Gasteiger partial charge in [-0.1, -0.05) is 12.1 Å². The van der Waals surface area contributed by atoms with Gasteiger partial charge in [-0.25, -0.2) is 9.78 Å². The molecular formula is C15H17N3O2S. The molecular weight excluding hydrogens is 286 g/mol. The summed E-state index contributed by atoms with van der Waals surface area (Å²) in [7, 11) is 0. The second-order valence-electron chi connectivity index (χ2n) is 5.13. The molecule has 0 atom stereocenters. The number of piperidine rings is 1. The second kappa shape index (κ2) is 6.13. The average Bonchev–Trinajstić information content (AvgIpc) is 3.00. The minimum atomic E-state index is -0.812. The number of aromatic nitrogens is 1. The Morgan fingerprint density at radius 2 is 2.19 bits per heavy atom. The first-order valence-electron chi connectivity index (χ1n) is 6.97. The van der Waals surface area contributed by atoms with E-state index in [1.807, 2.05) is 17.5 Å². The summed E-state index contributed by atoms with van der Waals surface area (Å²) in [5, 5.41) is 15.1. The van der Waals surface area contributed by atoms with E-state index in [2.05, 4.69) is 22.4 Å². The van der Waals surface area contributed by atoms with Crippen LogP contribution in [0.5, 0.6) is 0 Å². The van der Waals surface area contributed by atoms with Crippen LogP contribution in [0.1, 0.15) is 24.3 Å². The van der Waals surface area contributed by atoms with Gasteiger partial charge < -0.3 is 15.3 Å². The molecule has 21 heavy (non-hydrogen) atoms. The lowest BCUT2D eigenvalue weighted by Crippen LogP contribution is -2.36. The van der Waals surface area contributed by atoms with Gasteiger partial charge in [0.05, 0.1) is 0 Å². The summed E-state index contributed by atoms with van der Waals surface area (Å²) in [6, 6.07) is 8.32. The van der Waals surface area contributed by atoms with Gasteiger partial charge in [0.1, 0.15) is 0 Å².